The van der Waals surface area contributed by atoms with E-state index in [4.69, 9.17) is 9.88 Å². The molecule has 1 aliphatic carbocycles. The SMILES string of the molecule is C[C@H](NC(=O)[C@H]1C[C@@]12CC(C)(C)Oc1ccccc12)c1cccc(S(N)(=O)=O)c1. The average molecular weight is 415 g/mol. The van der Waals surface area contributed by atoms with Crippen LogP contribution in [-0.2, 0) is 20.2 Å². The number of para-hydroxylation sites is 1. The molecule has 1 spiro atoms. The number of rotatable bonds is 4. The van der Waals surface area contributed by atoms with Gasteiger partial charge in [0, 0.05) is 16.9 Å². The number of hydrogen-bond donors (Lipinski definition) is 2. The third kappa shape index (κ3) is 3.65. The zero-order valence-corrected chi connectivity index (χ0v) is 17.6. The summed E-state index contributed by atoms with van der Waals surface area (Å²) < 4.78 is 29.3. The topological polar surface area (TPSA) is 98.5 Å². The minimum atomic E-state index is -3.79. The fourth-order valence-corrected chi connectivity index (χ4v) is 5.22. The maximum atomic E-state index is 13.1. The molecule has 0 radical (unpaired) electrons. The van der Waals surface area contributed by atoms with Gasteiger partial charge in [-0.15, -0.1) is 0 Å². The molecule has 29 heavy (non-hydrogen) atoms. The standard InChI is InChI=1S/C22H26N2O4S/c1-14(15-7-6-8-16(11-15)29(23,26)27)24-20(25)18-12-22(18)13-21(2,3)28-19-10-5-4-9-17(19)22/h4-11,14,18H,12-13H2,1-3H3,(H,24,25)(H2,23,26,27)/t14-,18+,22-/m0/s1. The third-order valence-corrected chi connectivity index (χ3v) is 6.90. The van der Waals surface area contributed by atoms with E-state index in [1.165, 1.54) is 12.1 Å². The van der Waals surface area contributed by atoms with Crippen molar-refractivity contribution in [2.75, 3.05) is 0 Å². The first-order chi connectivity index (χ1) is 13.5. The molecule has 3 N–H and O–H groups in total. The molecule has 4 rings (SSSR count). The number of sulfonamides is 1. The predicted octanol–water partition coefficient (Wildman–Crippen LogP) is 3.03. The molecule has 1 aliphatic heterocycles. The Kier molecular flexibility index (Phi) is 4.51. The van der Waals surface area contributed by atoms with E-state index in [-0.39, 0.29) is 33.8 Å². The van der Waals surface area contributed by atoms with E-state index in [1.54, 1.807) is 12.1 Å². The summed E-state index contributed by atoms with van der Waals surface area (Å²) in [5.41, 5.74) is 1.26. The third-order valence-electron chi connectivity index (χ3n) is 5.99. The zero-order valence-electron chi connectivity index (χ0n) is 16.8. The molecule has 0 bridgehead atoms. The van der Waals surface area contributed by atoms with Gasteiger partial charge in [0.05, 0.1) is 10.9 Å². The Hall–Kier alpha value is -2.38. The van der Waals surface area contributed by atoms with Gasteiger partial charge in [-0.1, -0.05) is 30.3 Å². The van der Waals surface area contributed by atoms with Crippen molar-refractivity contribution in [3.63, 3.8) is 0 Å². The Morgan fingerprint density at radius 3 is 2.66 bits per heavy atom. The van der Waals surface area contributed by atoms with Gasteiger partial charge in [-0.3, -0.25) is 4.79 Å². The van der Waals surface area contributed by atoms with E-state index in [0.29, 0.717) is 5.56 Å². The summed E-state index contributed by atoms with van der Waals surface area (Å²) in [5, 5.41) is 8.27. The normalized spacial score (nSPS) is 25.6. The second-order valence-electron chi connectivity index (χ2n) is 8.80. The molecular weight excluding hydrogens is 388 g/mol. The molecule has 1 amide bonds. The van der Waals surface area contributed by atoms with Crippen LogP contribution in [0, 0.1) is 5.92 Å². The van der Waals surface area contributed by atoms with Gasteiger partial charge in [0.25, 0.3) is 0 Å². The van der Waals surface area contributed by atoms with Crippen LogP contribution in [0.2, 0.25) is 0 Å². The molecule has 0 unspecified atom stereocenters. The number of carbonyl (C=O) groups excluding carboxylic acids is 1. The molecule has 1 heterocycles. The van der Waals surface area contributed by atoms with Crippen LogP contribution in [0.1, 0.15) is 50.8 Å². The lowest BCUT2D eigenvalue weighted by Gasteiger charge is -2.38. The van der Waals surface area contributed by atoms with Gasteiger partial charge >= 0.3 is 0 Å². The largest absolute Gasteiger partial charge is 0.488 e. The van der Waals surface area contributed by atoms with E-state index in [0.717, 1.165) is 24.2 Å². The summed E-state index contributed by atoms with van der Waals surface area (Å²) in [6, 6.07) is 14.0. The Balaban J connectivity index is 1.54. The van der Waals surface area contributed by atoms with E-state index < -0.39 is 10.0 Å². The van der Waals surface area contributed by atoms with Crippen molar-refractivity contribution in [3.05, 3.63) is 59.7 Å². The fourth-order valence-electron chi connectivity index (χ4n) is 4.66. The van der Waals surface area contributed by atoms with Gasteiger partial charge in [-0.25, -0.2) is 13.6 Å². The molecule has 0 aromatic heterocycles. The first kappa shape index (κ1) is 19.9. The van der Waals surface area contributed by atoms with Gasteiger partial charge in [0.2, 0.25) is 15.9 Å². The maximum Gasteiger partial charge on any atom is 0.238 e. The molecule has 154 valence electrons. The molecule has 1 saturated carbocycles. The van der Waals surface area contributed by atoms with Crippen molar-refractivity contribution >= 4 is 15.9 Å². The van der Waals surface area contributed by atoms with Crippen molar-refractivity contribution in [3.8, 4) is 5.75 Å². The lowest BCUT2D eigenvalue weighted by Crippen LogP contribution is -2.40. The first-order valence-electron chi connectivity index (χ1n) is 9.74. The van der Waals surface area contributed by atoms with Gasteiger partial charge in [-0.05, 0) is 57.4 Å². The maximum absolute atomic E-state index is 13.1. The van der Waals surface area contributed by atoms with E-state index in [9.17, 15) is 13.2 Å². The number of ether oxygens (including phenoxy) is 1. The molecule has 2 aliphatic rings. The number of hydrogen-bond acceptors (Lipinski definition) is 4. The minimum absolute atomic E-state index is 0.0222. The first-order valence-corrected chi connectivity index (χ1v) is 11.3. The monoisotopic (exact) mass is 414 g/mol. The van der Waals surface area contributed by atoms with E-state index in [2.05, 4.69) is 25.2 Å². The Bertz CT molecular complexity index is 1080. The number of nitrogens with one attached hydrogen (secondary N) is 1. The van der Waals surface area contributed by atoms with Crippen LogP contribution >= 0.6 is 0 Å². The molecule has 6 nitrogen and oxygen atoms in total. The smallest absolute Gasteiger partial charge is 0.238 e. The Morgan fingerprint density at radius 1 is 1.21 bits per heavy atom. The molecule has 1 fully saturated rings. The van der Waals surface area contributed by atoms with Crippen LogP contribution in [0.4, 0.5) is 0 Å². The number of nitrogens with two attached hydrogens (primary N) is 1. The number of fused-ring (bicyclic) bond motifs is 2. The lowest BCUT2D eigenvalue weighted by molar-refractivity contribution is -0.123. The average Bonchev–Trinajstić information content (AvgIpc) is 3.34. The zero-order chi connectivity index (χ0) is 21.0. The van der Waals surface area contributed by atoms with Crippen LogP contribution in [0.3, 0.4) is 0 Å². The number of amides is 1. The number of carbonyl (C=O) groups is 1. The molecule has 2 aromatic carbocycles. The highest BCUT2D eigenvalue weighted by atomic mass is 32.2. The summed E-state index contributed by atoms with van der Waals surface area (Å²) in [7, 11) is -3.79. The van der Waals surface area contributed by atoms with Crippen LogP contribution in [0.25, 0.3) is 0 Å². The lowest BCUT2D eigenvalue weighted by atomic mass is 9.80. The van der Waals surface area contributed by atoms with Gasteiger partial charge in [-0.2, -0.15) is 0 Å². The highest BCUT2D eigenvalue weighted by molar-refractivity contribution is 7.89. The van der Waals surface area contributed by atoms with Crippen molar-refractivity contribution in [2.24, 2.45) is 11.1 Å². The van der Waals surface area contributed by atoms with Crippen molar-refractivity contribution in [2.45, 2.75) is 55.6 Å². The summed E-state index contributed by atoms with van der Waals surface area (Å²) >= 11 is 0. The van der Waals surface area contributed by atoms with E-state index >= 15 is 0 Å². The molecular formula is C22H26N2O4S. The van der Waals surface area contributed by atoms with Crippen LogP contribution in [0.5, 0.6) is 5.75 Å². The molecule has 0 saturated heterocycles. The van der Waals surface area contributed by atoms with Crippen molar-refractivity contribution in [1.82, 2.24) is 5.32 Å². The van der Waals surface area contributed by atoms with Crippen molar-refractivity contribution < 1.29 is 17.9 Å². The summed E-state index contributed by atoms with van der Waals surface area (Å²) in [6.45, 7) is 5.95. The minimum Gasteiger partial charge on any atom is -0.488 e. The summed E-state index contributed by atoms with van der Waals surface area (Å²) in [6.07, 6.45) is 1.57. The quantitative estimate of drug-likeness (QED) is 0.803. The van der Waals surface area contributed by atoms with Gasteiger partial charge in [0.15, 0.2) is 0 Å². The number of primary sulfonamides is 1. The second-order valence-corrected chi connectivity index (χ2v) is 10.4. The molecule has 3 atom stereocenters. The highest BCUT2D eigenvalue weighted by Gasteiger charge is 2.63. The van der Waals surface area contributed by atoms with Crippen LogP contribution in [0.15, 0.2) is 53.4 Å². The van der Waals surface area contributed by atoms with Gasteiger partial charge in [0.1, 0.15) is 11.4 Å². The van der Waals surface area contributed by atoms with Gasteiger partial charge < -0.3 is 10.1 Å². The van der Waals surface area contributed by atoms with Crippen LogP contribution < -0.4 is 15.2 Å². The Morgan fingerprint density at radius 2 is 1.93 bits per heavy atom. The van der Waals surface area contributed by atoms with E-state index in [1.807, 2.05) is 25.1 Å². The number of benzene rings is 2. The Labute approximate surface area is 171 Å². The molecule has 7 heteroatoms. The fraction of sp³-hybridized carbons (Fsp3) is 0.409. The highest BCUT2D eigenvalue weighted by Crippen LogP contribution is 2.63. The van der Waals surface area contributed by atoms with Crippen LogP contribution in [-0.4, -0.2) is 19.9 Å². The summed E-state index contributed by atoms with van der Waals surface area (Å²) in [4.78, 5) is 13.1. The second kappa shape index (κ2) is 6.57. The summed E-state index contributed by atoms with van der Waals surface area (Å²) in [5.74, 6) is 0.703. The molecule has 2 aromatic rings. The van der Waals surface area contributed by atoms with Crippen molar-refractivity contribution in [1.29, 1.82) is 0 Å². The predicted molar refractivity (Wildman–Crippen MR) is 110 cm³/mol.